The van der Waals surface area contributed by atoms with Gasteiger partial charge < -0.3 is 10.6 Å². The van der Waals surface area contributed by atoms with Crippen LogP contribution >= 0.6 is 22.9 Å². The Morgan fingerprint density at radius 3 is 2.61 bits per heavy atom. The van der Waals surface area contributed by atoms with Gasteiger partial charge in [-0.05, 0) is 88.6 Å². The third kappa shape index (κ3) is 6.00. The third-order valence-electron chi connectivity index (χ3n) is 5.62. The Hall–Kier alpha value is -2.72. The van der Waals surface area contributed by atoms with Crippen LogP contribution in [0, 0.1) is 11.3 Å². The van der Waals surface area contributed by atoms with Crippen LogP contribution in [0.3, 0.4) is 0 Å². The average Bonchev–Trinajstić information content (AvgIpc) is 3.19. The summed E-state index contributed by atoms with van der Waals surface area (Å²) in [6.45, 7) is 8.96. The molecule has 7 heteroatoms. The predicted octanol–water partition coefficient (Wildman–Crippen LogP) is 6.62. The van der Waals surface area contributed by atoms with Crippen molar-refractivity contribution in [2.24, 2.45) is 0 Å². The fraction of sp³-hybridized carbons (Fsp3) is 0.346. The lowest BCUT2D eigenvalue weighted by Crippen LogP contribution is -2.60. The van der Waals surface area contributed by atoms with Gasteiger partial charge in [0.15, 0.2) is 0 Å². The molecule has 1 aliphatic heterocycles. The molecule has 0 radical (unpaired) electrons. The van der Waals surface area contributed by atoms with Crippen molar-refractivity contribution in [1.82, 2.24) is 15.3 Å². The largest absolute Gasteiger partial charge is 0.351 e. The molecule has 0 aliphatic carbocycles. The number of nitrogens with zero attached hydrogens (tertiary/aromatic N) is 3. The van der Waals surface area contributed by atoms with E-state index in [1.54, 1.807) is 29.5 Å². The topological polar surface area (TPSA) is 73.6 Å². The molecule has 0 amide bonds. The van der Waals surface area contributed by atoms with Gasteiger partial charge in [0.2, 0.25) is 5.95 Å². The maximum Gasteiger partial charge on any atom is 0.223 e. The first kappa shape index (κ1) is 23.4. The summed E-state index contributed by atoms with van der Waals surface area (Å²) < 4.78 is 0. The molecular weight excluding hydrogens is 450 g/mol. The van der Waals surface area contributed by atoms with E-state index < -0.39 is 0 Å². The number of thiophene rings is 1. The van der Waals surface area contributed by atoms with Crippen LogP contribution in [0.4, 0.5) is 5.95 Å². The summed E-state index contributed by atoms with van der Waals surface area (Å²) in [6, 6.07) is 13.8. The van der Waals surface area contributed by atoms with Crippen LogP contribution in [0.2, 0.25) is 5.02 Å². The van der Waals surface area contributed by atoms with Gasteiger partial charge in [0.25, 0.3) is 0 Å². The molecule has 1 aromatic carbocycles. The SMILES string of the molecule is CC1(C)CC(Nc2nccc(-c3ccc(C=Cc4cc(Cl)ccc4C#N)s3)n2)CC(C)(C)N1. The number of halogens is 1. The van der Waals surface area contributed by atoms with Gasteiger partial charge in [0.1, 0.15) is 0 Å². The van der Waals surface area contributed by atoms with E-state index in [-0.39, 0.29) is 11.1 Å². The minimum Gasteiger partial charge on any atom is -0.351 e. The number of hydrogen-bond donors (Lipinski definition) is 2. The van der Waals surface area contributed by atoms with Gasteiger partial charge in [-0.25, -0.2) is 9.97 Å². The molecule has 33 heavy (non-hydrogen) atoms. The van der Waals surface area contributed by atoms with Crippen molar-refractivity contribution in [1.29, 1.82) is 5.26 Å². The van der Waals surface area contributed by atoms with Crippen molar-refractivity contribution in [2.75, 3.05) is 5.32 Å². The Bertz CT molecular complexity index is 1210. The van der Waals surface area contributed by atoms with Gasteiger partial charge in [0, 0.05) is 33.2 Å². The van der Waals surface area contributed by atoms with E-state index in [0.717, 1.165) is 33.9 Å². The number of nitrogens with one attached hydrogen (secondary N) is 2. The van der Waals surface area contributed by atoms with Gasteiger partial charge in [0.05, 0.1) is 22.2 Å². The summed E-state index contributed by atoms with van der Waals surface area (Å²) in [4.78, 5) is 11.4. The molecule has 5 nitrogen and oxygen atoms in total. The standard InChI is InChI=1S/C26H28ClN5S/c1-25(2)14-20(15-26(3,4)32-25)30-24-29-12-11-22(31-24)23-10-9-21(33-23)8-6-17-13-19(27)7-5-18(17)16-28/h5-13,20,32H,14-15H2,1-4H3,(H,29,30,31). The molecule has 0 saturated carbocycles. The Kier molecular flexibility index (Phi) is 6.58. The predicted molar refractivity (Wildman–Crippen MR) is 138 cm³/mol. The molecular formula is C26H28ClN5S. The summed E-state index contributed by atoms with van der Waals surface area (Å²) in [5.74, 6) is 0.661. The number of anilines is 1. The third-order valence-corrected chi connectivity index (χ3v) is 6.93. The van der Waals surface area contributed by atoms with E-state index in [9.17, 15) is 5.26 Å². The van der Waals surface area contributed by atoms with Crippen LogP contribution in [0.1, 0.15) is 56.5 Å². The molecule has 1 fully saturated rings. The number of hydrogen-bond acceptors (Lipinski definition) is 6. The zero-order valence-electron chi connectivity index (χ0n) is 19.3. The second kappa shape index (κ2) is 9.26. The van der Waals surface area contributed by atoms with Gasteiger partial charge in [-0.1, -0.05) is 17.7 Å². The quantitative estimate of drug-likeness (QED) is 0.431. The van der Waals surface area contributed by atoms with E-state index in [1.165, 1.54) is 0 Å². The molecule has 2 N–H and O–H groups in total. The van der Waals surface area contributed by atoms with Crippen LogP contribution in [0.15, 0.2) is 42.6 Å². The minimum atomic E-state index is 0.0560. The normalized spacial score (nSPS) is 17.7. The maximum absolute atomic E-state index is 9.31. The van der Waals surface area contributed by atoms with Crippen molar-refractivity contribution in [3.63, 3.8) is 0 Å². The van der Waals surface area contributed by atoms with Crippen molar-refractivity contribution in [2.45, 2.75) is 57.7 Å². The van der Waals surface area contributed by atoms with Gasteiger partial charge in [-0.3, -0.25) is 0 Å². The van der Waals surface area contributed by atoms with E-state index in [2.05, 4.69) is 61.5 Å². The number of nitriles is 1. The zero-order chi connectivity index (χ0) is 23.6. The second-order valence-electron chi connectivity index (χ2n) is 9.79. The highest BCUT2D eigenvalue weighted by Crippen LogP contribution is 2.31. The molecule has 0 unspecified atom stereocenters. The van der Waals surface area contributed by atoms with E-state index in [4.69, 9.17) is 16.6 Å². The van der Waals surface area contributed by atoms with E-state index >= 15 is 0 Å². The van der Waals surface area contributed by atoms with Gasteiger partial charge in [-0.15, -0.1) is 11.3 Å². The van der Waals surface area contributed by atoms with Crippen molar-refractivity contribution in [3.05, 3.63) is 63.6 Å². The van der Waals surface area contributed by atoms with Gasteiger partial charge in [-0.2, -0.15) is 5.26 Å². The number of piperidine rings is 1. The first-order chi connectivity index (χ1) is 15.6. The first-order valence-electron chi connectivity index (χ1n) is 11.0. The molecule has 1 aliphatic rings. The second-order valence-corrected chi connectivity index (χ2v) is 11.3. The average molecular weight is 478 g/mol. The summed E-state index contributed by atoms with van der Waals surface area (Å²) >= 11 is 7.74. The Balaban J connectivity index is 1.50. The first-order valence-corrected chi connectivity index (χ1v) is 12.2. The monoisotopic (exact) mass is 477 g/mol. The Labute approximate surface area is 204 Å². The van der Waals surface area contributed by atoms with Crippen LogP contribution < -0.4 is 10.6 Å². The van der Waals surface area contributed by atoms with E-state index in [1.807, 2.05) is 24.4 Å². The summed E-state index contributed by atoms with van der Waals surface area (Å²) in [5, 5.41) is 17.2. The summed E-state index contributed by atoms with van der Waals surface area (Å²) in [7, 11) is 0. The molecule has 170 valence electrons. The molecule has 3 aromatic rings. The van der Waals surface area contributed by atoms with E-state index in [0.29, 0.717) is 22.6 Å². The maximum atomic E-state index is 9.31. The Morgan fingerprint density at radius 1 is 1.12 bits per heavy atom. The number of aromatic nitrogens is 2. The molecule has 3 heterocycles. The highest BCUT2D eigenvalue weighted by molar-refractivity contribution is 7.16. The molecule has 1 saturated heterocycles. The van der Waals surface area contributed by atoms with Crippen LogP contribution in [0.25, 0.3) is 22.7 Å². The molecule has 2 aromatic heterocycles. The van der Waals surface area contributed by atoms with Crippen molar-refractivity contribution < 1.29 is 0 Å². The molecule has 4 rings (SSSR count). The summed E-state index contributed by atoms with van der Waals surface area (Å²) in [6.07, 6.45) is 7.74. The lowest BCUT2D eigenvalue weighted by molar-refractivity contribution is 0.170. The van der Waals surface area contributed by atoms with Crippen molar-refractivity contribution >= 4 is 41.0 Å². The number of rotatable bonds is 5. The lowest BCUT2D eigenvalue weighted by atomic mass is 9.80. The van der Waals surface area contributed by atoms with Crippen LogP contribution in [0.5, 0.6) is 0 Å². The summed E-state index contributed by atoms with van der Waals surface area (Å²) in [5.41, 5.74) is 2.41. The van der Waals surface area contributed by atoms with Crippen LogP contribution in [-0.4, -0.2) is 27.1 Å². The molecule has 0 bridgehead atoms. The van der Waals surface area contributed by atoms with Crippen LogP contribution in [-0.2, 0) is 0 Å². The lowest BCUT2D eigenvalue weighted by Gasteiger charge is -2.46. The fourth-order valence-electron chi connectivity index (χ4n) is 4.70. The van der Waals surface area contributed by atoms with Gasteiger partial charge >= 0.3 is 0 Å². The Morgan fingerprint density at radius 2 is 1.88 bits per heavy atom. The molecule has 0 atom stereocenters. The zero-order valence-corrected chi connectivity index (χ0v) is 20.9. The smallest absolute Gasteiger partial charge is 0.223 e. The van der Waals surface area contributed by atoms with Crippen molar-refractivity contribution in [3.8, 4) is 16.6 Å². The highest BCUT2D eigenvalue weighted by Gasteiger charge is 2.37. The fourth-order valence-corrected chi connectivity index (χ4v) is 5.76. The minimum absolute atomic E-state index is 0.0560. The number of benzene rings is 1. The highest BCUT2D eigenvalue weighted by atomic mass is 35.5. The molecule has 0 spiro atoms.